The summed E-state index contributed by atoms with van der Waals surface area (Å²) in [6.45, 7) is 16.3. The van der Waals surface area contributed by atoms with Gasteiger partial charge < -0.3 is 19.4 Å². The molecule has 5 atom stereocenters. The standard InChI is InChI=1S/C23H36BNO5/c1-14-9-10-18(26)12-17(13-25-20(27)28-21(4,5)6)19(11-14)24-29-22(7)15(2)16(3)23(22,8)30-24/h11-12,14-16H,9-10,13H2,1-8H3,(H,25,27)/b17-12-,19-11+. The lowest BCUT2D eigenvalue weighted by Gasteiger charge is -2.60. The molecule has 0 aromatic heterocycles. The SMILES string of the molecule is CC1/C=C(B2OC3(C)C(C)C(C)C3(C)O2)\C(CNC(=O)OC(C)(C)C)=C/C(=O)CC1. The maximum Gasteiger partial charge on any atom is 0.494 e. The zero-order valence-electron chi connectivity index (χ0n) is 19.6. The van der Waals surface area contributed by atoms with Crippen LogP contribution in [0.4, 0.5) is 4.79 Å². The summed E-state index contributed by atoms with van der Waals surface area (Å²) in [5.74, 6) is 0.990. The number of hydrogen-bond acceptors (Lipinski definition) is 5. The van der Waals surface area contributed by atoms with Crippen LogP contribution in [0, 0.1) is 17.8 Å². The van der Waals surface area contributed by atoms with E-state index in [-0.39, 0.29) is 29.4 Å². The molecule has 7 heteroatoms. The molecule has 2 aliphatic carbocycles. The molecule has 5 unspecified atom stereocenters. The van der Waals surface area contributed by atoms with Gasteiger partial charge in [0, 0.05) is 13.0 Å². The molecule has 1 heterocycles. The Balaban J connectivity index is 1.85. The van der Waals surface area contributed by atoms with Gasteiger partial charge >= 0.3 is 13.2 Å². The molecule has 1 N–H and O–H groups in total. The number of carbonyl (C=O) groups is 2. The summed E-state index contributed by atoms with van der Waals surface area (Å²) in [4.78, 5) is 24.7. The molecule has 3 rings (SSSR count). The molecular formula is C23H36BNO5. The first-order valence-electron chi connectivity index (χ1n) is 11.0. The number of rotatable bonds is 3. The van der Waals surface area contributed by atoms with Crippen LogP contribution in [-0.4, -0.2) is 42.3 Å². The maximum absolute atomic E-state index is 12.5. The average Bonchev–Trinajstić information content (AvgIpc) is 2.87. The first-order chi connectivity index (χ1) is 13.8. The highest BCUT2D eigenvalue weighted by Gasteiger charge is 2.71. The zero-order valence-corrected chi connectivity index (χ0v) is 19.6. The lowest BCUT2D eigenvalue weighted by Crippen LogP contribution is -2.69. The van der Waals surface area contributed by atoms with Crippen molar-refractivity contribution in [3.8, 4) is 0 Å². The third-order valence-electron chi connectivity index (χ3n) is 7.27. The van der Waals surface area contributed by atoms with Gasteiger partial charge in [0.15, 0.2) is 5.78 Å². The fraction of sp³-hybridized carbons (Fsp3) is 0.739. The molecule has 30 heavy (non-hydrogen) atoms. The Kier molecular flexibility index (Phi) is 6.02. The number of nitrogens with one attached hydrogen (secondary N) is 1. The van der Waals surface area contributed by atoms with Crippen molar-refractivity contribution in [3.63, 3.8) is 0 Å². The molecular weight excluding hydrogens is 381 g/mol. The number of amides is 1. The number of ether oxygens (including phenoxy) is 1. The Bertz CT molecular complexity index is 763. The van der Waals surface area contributed by atoms with E-state index in [1.54, 1.807) is 6.08 Å². The number of fused-ring (bicyclic) bond motifs is 1. The molecule has 0 spiro atoms. The summed E-state index contributed by atoms with van der Waals surface area (Å²) in [6.07, 6.45) is 4.50. The third kappa shape index (κ3) is 4.11. The molecule has 1 amide bonds. The average molecular weight is 417 g/mol. The molecule has 0 bridgehead atoms. The van der Waals surface area contributed by atoms with Crippen molar-refractivity contribution in [2.24, 2.45) is 17.8 Å². The predicted molar refractivity (Wildman–Crippen MR) is 117 cm³/mol. The highest BCUT2D eigenvalue weighted by atomic mass is 16.7. The van der Waals surface area contributed by atoms with Crippen LogP contribution < -0.4 is 5.32 Å². The van der Waals surface area contributed by atoms with E-state index >= 15 is 0 Å². The highest BCUT2D eigenvalue weighted by molar-refractivity contribution is 6.56. The summed E-state index contributed by atoms with van der Waals surface area (Å²) in [7, 11) is -0.563. The molecule has 0 aromatic carbocycles. The number of ketones is 1. The monoisotopic (exact) mass is 417 g/mol. The smallest absolute Gasteiger partial charge is 0.444 e. The van der Waals surface area contributed by atoms with Crippen LogP contribution in [0.2, 0.25) is 0 Å². The van der Waals surface area contributed by atoms with Crippen molar-refractivity contribution in [2.45, 2.75) is 85.0 Å². The Hall–Kier alpha value is -1.60. The van der Waals surface area contributed by atoms with Crippen LogP contribution >= 0.6 is 0 Å². The third-order valence-corrected chi connectivity index (χ3v) is 7.27. The van der Waals surface area contributed by atoms with Crippen LogP contribution in [-0.2, 0) is 18.8 Å². The van der Waals surface area contributed by atoms with Crippen molar-refractivity contribution in [1.82, 2.24) is 5.32 Å². The van der Waals surface area contributed by atoms with Crippen molar-refractivity contribution < 1.29 is 23.6 Å². The Labute approximate surface area is 180 Å². The molecule has 1 saturated carbocycles. The molecule has 1 saturated heterocycles. The van der Waals surface area contributed by atoms with Gasteiger partial charge in [0.1, 0.15) is 5.60 Å². The minimum Gasteiger partial charge on any atom is -0.444 e. The van der Waals surface area contributed by atoms with Gasteiger partial charge in [0.2, 0.25) is 0 Å². The van der Waals surface area contributed by atoms with E-state index < -0.39 is 18.8 Å². The normalized spacial score (nSPS) is 40.2. The minimum absolute atomic E-state index is 0.0496. The second kappa shape index (κ2) is 7.83. The van der Waals surface area contributed by atoms with Gasteiger partial charge in [-0.25, -0.2) is 4.79 Å². The molecule has 3 aliphatic rings. The molecule has 1 aliphatic heterocycles. The quantitative estimate of drug-likeness (QED) is 0.696. The first kappa shape index (κ1) is 23.1. The van der Waals surface area contributed by atoms with Crippen molar-refractivity contribution >= 4 is 19.0 Å². The van der Waals surface area contributed by atoms with E-state index in [4.69, 9.17) is 14.0 Å². The Morgan fingerprint density at radius 3 is 2.30 bits per heavy atom. The van der Waals surface area contributed by atoms with E-state index in [9.17, 15) is 9.59 Å². The van der Waals surface area contributed by atoms with Crippen LogP contribution in [0.3, 0.4) is 0 Å². The van der Waals surface area contributed by atoms with Crippen LogP contribution in [0.1, 0.15) is 68.2 Å². The predicted octanol–water partition coefficient (Wildman–Crippen LogP) is 4.24. The lowest BCUT2D eigenvalue weighted by molar-refractivity contribution is -0.202. The lowest BCUT2D eigenvalue weighted by atomic mass is 9.53. The summed E-state index contributed by atoms with van der Waals surface area (Å²) in [6, 6.07) is 0. The fourth-order valence-corrected chi connectivity index (χ4v) is 4.89. The molecule has 0 radical (unpaired) electrons. The number of hydrogen-bond donors (Lipinski definition) is 1. The summed E-state index contributed by atoms with van der Waals surface area (Å²) in [5.41, 5.74) is 0.211. The van der Waals surface area contributed by atoms with E-state index in [2.05, 4.69) is 46.0 Å². The van der Waals surface area contributed by atoms with Gasteiger partial charge in [-0.1, -0.05) is 26.8 Å². The van der Waals surface area contributed by atoms with Crippen LogP contribution in [0.15, 0.2) is 23.2 Å². The van der Waals surface area contributed by atoms with Crippen molar-refractivity contribution in [3.05, 3.63) is 23.2 Å². The van der Waals surface area contributed by atoms with Gasteiger partial charge in [-0.05, 0) is 75.9 Å². The first-order valence-corrected chi connectivity index (χ1v) is 11.0. The molecule has 2 fully saturated rings. The van der Waals surface area contributed by atoms with Gasteiger partial charge in [-0.2, -0.15) is 0 Å². The second-order valence-corrected chi connectivity index (χ2v) is 10.5. The Morgan fingerprint density at radius 2 is 1.77 bits per heavy atom. The second-order valence-electron chi connectivity index (χ2n) is 10.5. The van der Waals surface area contributed by atoms with Gasteiger partial charge in [0.25, 0.3) is 0 Å². The van der Waals surface area contributed by atoms with Crippen LogP contribution in [0.5, 0.6) is 0 Å². The largest absolute Gasteiger partial charge is 0.494 e. The maximum atomic E-state index is 12.5. The summed E-state index contributed by atoms with van der Waals surface area (Å²) >= 11 is 0. The topological polar surface area (TPSA) is 73.9 Å². The van der Waals surface area contributed by atoms with E-state index in [0.29, 0.717) is 18.3 Å². The van der Waals surface area contributed by atoms with Crippen molar-refractivity contribution in [2.75, 3.05) is 6.54 Å². The van der Waals surface area contributed by atoms with E-state index in [0.717, 1.165) is 17.5 Å². The molecule has 6 nitrogen and oxygen atoms in total. The van der Waals surface area contributed by atoms with Gasteiger partial charge in [-0.15, -0.1) is 0 Å². The van der Waals surface area contributed by atoms with Crippen LogP contribution in [0.25, 0.3) is 0 Å². The van der Waals surface area contributed by atoms with Gasteiger partial charge in [0.05, 0.1) is 11.2 Å². The number of allylic oxidation sites excluding steroid dienone is 2. The van der Waals surface area contributed by atoms with Crippen molar-refractivity contribution in [1.29, 1.82) is 0 Å². The number of alkyl carbamates (subject to hydrolysis) is 1. The minimum atomic E-state index is -0.589. The zero-order chi connectivity index (χ0) is 22.5. The molecule has 166 valence electrons. The highest BCUT2D eigenvalue weighted by Crippen LogP contribution is 2.60. The molecule has 0 aromatic rings. The van der Waals surface area contributed by atoms with E-state index in [1.165, 1.54) is 0 Å². The fourth-order valence-electron chi connectivity index (χ4n) is 4.89. The van der Waals surface area contributed by atoms with Gasteiger partial charge in [-0.3, -0.25) is 4.79 Å². The Morgan fingerprint density at radius 1 is 1.20 bits per heavy atom. The van der Waals surface area contributed by atoms with E-state index in [1.807, 2.05) is 20.8 Å². The summed E-state index contributed by atoms with van der Waals surface area (Å²) in [5, 5.41) is 2.79. The number of carbonyl (C=O) groups excluding carboxylic acids is 2. The summed E-state index contributed by atoms with van der Waals surface area (Å²) < 4.78 is 18.3.